The lowest BCUT2D eigenvalue weighted by atomic mass is 9.94. The van der Waals surface area contributed by atoms with E-state index in [-0.39, 0.29) is 12.3 Å². The lowest BCUT2D eigenvalue weighted by molar-refractivity contribution is -0.138. The van der Waals surface area contributed by atoms with Gasteiger partial charge in [0.05, 0.1) is 0 Å². The molecule has 0 bridgehead atoms. The van der Waals surface area contributed by atoms with E-state index in [1.807, 2.05) is 12.1 Å². The molecule has 2 aliphatic heterocycles. The zero-order valence-electron chi connectivity index (χ0n) is 12.1. The summed E-state index contributed by atoms with van der Waals surface area (Å²) >= 11 is 0. The number of hydrogen-bond donors (Lipinski definition) is 1. The van der Waals surface area contributed by atoms with E-state index in [0.717, 1.165) is 44.0 Å². The molecule has 0 spiro atoms. The van der Waals surface area contributed by atoms with E-state index in [1.165, 1.54) is 5.56 Å². The van der Waals surface area contributed by atoms with Crippen molar-refractivity contribution in [1.29, 1.82) is 0 Å². The molecule has 114 valence electrons. The third-order valence-corrected chi connectivity index (χ3v) is 4.08. The minimum absolute atomic E-state index is 0.272. The Hall–Kier alpha value is -1.75. The summed E-state index contributed by atoms with van der Waals surface area (Å²) in [6, 6.07) is 6.06. The monoisotopic (exact) mass is 291 g/mol. The Balaban J connectivity index is 1.62. The van der Waals surface area contributed by atoms with Crippen LogP contribution in [-0.4, -0.2) is 42.3 Å². The van der Waals surface area contributed by atoms with Crippen molar-refractivity contribution in [3.63, 3.8) is 0 Å². The molecule has 21 heavy (non-hydrogen) atoms. The highest BCUT2D eigenvalue weighted by molar-refractivity contribution is 5.67. The number of likely N-dealkylation sites (tertiary alicyclic amines) is 1. The summed E-state index contributed by atoms with van der Waals surface area (Å²) in [4.78, 5) is 13.2. The van der Waals surface area contributed by atoms with E-state index < -0.39 is 5.97 Å². The molecular formula is C16H21NO4. The van der Waals surface area contributed by atoms with Gasteiger partial charge in [0.2, 0.25) is 0 Å². The first-order chi connectivity index (χ1) is 10.2. The summed E-state index contributed by atoms with van der Waals surface area (Å²) in [5, 5.41) is 8.93. The fourth-order valence-electron chi connectivity index (χ4n) is 3.15. The highest BCUT2D eigenvalue weighted by Crippen LogP contribution is 2.31. The van der Waals surface area contributed by atoms with Crippen molar-refractivity contribution in [3.05, 3.63) is 23.8 Å². The number of aliphatic carboxylic acids is 1. The number of nitrogens with zero attached hydrogens (tertiary/aromatic N) is 1. The minimum atomic E-state index is -0.693. The van der Waals surface area contributed by atoms with Crippen LogP contribution >= 0.6 is 0 Å². The number of ether oxygens (including phenoxy) is 2. The van der Waals surface area contributed by atoms with E-state index in [2.05, 4.69) is 11.0 Å². The summed E-state index contributed by atoms with van der Waals surface area (Å²) in [6.45, 7) is 3.94. The van der Waals surface area contributed by atoms with Crippen LogP contribution in [0.25, 0.3) is 0 Å². The molecule has 2 aliphatic rings. The molecule has 1 aromatic carbocycles. The van der Waals surface area contributed by atoms with Gasteiger partial charge in [-0.3, -0.25) is 9.69 Å². The summed E-state index contributed by atoms with van der Waals surface area (Å²) < 4.78 is 11.1. The first-order valence-corrected chi connectivity index (χ1v) is 7.53. The largest absolute Gasteiger partial charge is 0.486 e. The van der Waals surface area contributed by atoms with Crippen molar-refractivity contribution in [2.24, 2.45) is 5.92 Å². The second-order valence-electron chi connectivity index (χ2n) is 5.82. The molecule has 1 atom stereocenters. The fraction of sp³-hybridized carbons (Fsp3) is 0.562. The Morgan fingerprint density at radius 2 is 2.10 bits per heavy atom. The molecule has 0 saturated carbocycles. The maximum Gasteiger partial charge on any atom is 0.303 e. The Morgan fingerprint density at radius 1 is 1.29 bits per heavy atom. The van der Waals surface area contributed by atoms with Crippen molar-refractivity contribution >= 4 is 5.97 Å². The van der Waals surface area contributed by atoms with Crippen molar-refractivity contribution in [3.8, 4) is 11.5 Å². The molecule has 5 nitrogen and oxygen atoms in total. The summed E-state index contributed by atoms with van der Waals surface area (Å²) in [5.74, 6) is 1.21. The Kier molecular flexibility index (Phi) is 4.29. The van der Waals surface area contributed by atoms with Crippen molar-refractivity contribution in [2.75, 3.05) is 26.3 Å². The summed E-state index contributed by atoms with van der Waals surface area (Å²) in [7, 11) is 0. The number of rotatable bonds is 4. The van der Waals surface area contributed by atoms with E-state index in [4.69, 9.17) is 14.6 Å². The number of carbonyl (C=O) groups is 1. The molecule has 0 aliphatic carbocycles. The van der Waals surface area contributed by atoms with Crippen LogP contribution in [0.2, 0.25) is 0 Å². The number of carboxylic acid groups (broad SMARTS) is 1. The Bertz CT molecular complexity index is 517. The van der Waals surface area contributed by atoms with Crippen LogP contribution in [0.1, 0.15) is 24.8 Å². The Morgan fingerprint density at radius 3 is 2.90 bits per heavy atom. The first-order valence-electron chi connectivity index (χ1n) is 7.53. The lowest BCUT2D eigenvalue weighted by Crippen LogP contribution is -2.35. The molecule has 1 fully saturated rings. The van der Waals surface area contributed by atoms with Crippen LogP contribution in [-0.2, 0) is 11.3 Å². The molecular weight excluding hydrogens is 270 g/mol. The average Bonchev–Trinajstić information content (AvgIpc) is 2.47. The molecule has 1 unspecified atom stereocenters. The Labute approximate surface area is 124 Å². The van der Waals surface area contributed by atoms with Crippen LogP contribution in [0, 0.1) is 5.92 Å². The average molecular weight is 291 g/mol. The van der Waals surface area contributed by atoms with Crippen LogP contribution in [0.5, 0.6) is 11.5 Å². The van der Waals surface area contributed by atoms with Crippen molar-refractivity contribution in [1.82, 2.24) is 4.90 Å². The molecule has 0 amide bonds. The summed E-state index contributed by atoms with van der Waals surface area (Å²) in [6.07, 6.45) is 2.37. The van der Waals surface area contributed by atoms with E-state index in [1.54, 1.807) is 0 Å². The second-order valence-corrected chi connectivity index (χ2v) is 5.82. The van der Waals surface area contributed by atoms with Crippen LogP contribution in [0.15, 0.2) is 18.2 Å². The maximum absolute atomic E-state index is 10.8. The number of benzene rings is 1. The van der Waals surface area contributed by atoms with Crippen LogP contribution in [0.4, 0.5) is 0 Å². The first kappa shape index (κ1) is 14.2. The number of fused-ring (bicyclic) bond motifs is 1. The topological polar surface area (TPSA) is 59.0 Å². The second kappa shape index (κ2) is 6.35. The predicted octanol–water partition coefficient (Wildman–Crippen LogP) is 2.14. The van der Waals surface area contributed by atoms with Gasteiger partial charge in [0.25, 0.3) is 0 Å². The standard InChI is InChI=1S/C16H21NO4/c18-16(19)9-12-2-1-5-17(10-12)11-13-3-4-14-15(8-13)21-7-6-20-14/h3-4,8,12H,1-2,5-7,9-11H2,(H,18,19). The van der Waals surface area contributed by atoms with Gasteiger partial charge in [0, 0.05) is 19.5 Å². The molecule has 1 saturated heterocycles. The quantitative estimate of drug-likeness (QED) is 0.921. The molecule has 3 rings (SSSR count). The van der Waals surface area contributed by atoms with Gasteiger partial charge in [-0.15, -0.1) is 0 Å². The smallest absolute Gasteiger partial charge is 0.303 e. The molecule has 0 aromatic heterocycles. The van der Waals surface area contributed by atoms with E-state index in [9.17, 15) is 4.79 Å². The fourth-order valence-corrected chi connectivity index (χ4v) is 3.15. The third-order valence-electron chi connectivity index (χ3n) is 4.08. The van der Waals surface area contributed by atoms with Gasteiger partial charge >= 0.3 is 5.97 Å². The molecule has 5 heteroatoms. The van der Waals surface area contributed by atoms with Crippen LogP contribution in [0.3, 0.4) is 0 Å². The molecule has 1 N–H and O–H groups in total. The normalized spacial score (nSPS) is 22.0. The van der Waals surface area contributed by atoms with Gasteiger partial charge in [-0.1, -0.05) is 6.07 Å². The van der Waals surface area contributed by atoms with E-state index in [0.29, 0.717) is 13.2 Å². The molecule has 2 heterocycles. The minimum Gasteiger partial charge on any atom is -0.486 e. The van der Waals surface area contributed by atoms with Crippen LogP contribution < -0.4 is 9.47 Å². The maximum atomic E-state index is 10.8. The van der Waals surface area contributed by atoms with Gasteiger partial charge in [0.1, 0.15) is 13.2 Å². The zero-order valence-corrected chi connectivity index (χ0v) is 12.1. The van der Waals surface area contributed by atoms with Gasteiger partial charge in [0.15, 0.2) is 11.5 Å². The van der Waals surface area contributed by atoms with Gasteiger partial charge in [-0.25, -0.2) is 0 Å². The van der Waals surface area contributed by atoms with Crippen molar-refractivity contribution < 1.29 is 19.4 Å². The number of carboxylic acids is 1. The zero-order chi connectivity index (χ0) is 14.7. The number of hydrogen-bond acceptors (Lipinski definition) is 4. The third kappa shape index (κ3) is 3.67. The highest BCUT2D eigenvalue weighted by Gasteiger charge is 2.22. The molecule has 0 radical (unpaired) electrons. The predicted molar refractivity (Wildman–Crippen MR) is 77.7 cm³/mol. The molecule has 1 aromatic rings. The van der Waals surface area contributed by atoms with Gasteiger partial charge in [-0.05, 0) is 43.0 Å². The van der Waals surface area contributed by atoms with Gasteiger partial charge < -0.3 is 14.6 Å². The van der Waals surface area contributed by atoms with Crippen molar-refractivity contribution in [2.45, 2.75) is 25.8 Å². The van der Waals surface area contributed by atoms with E-state index >= 15 is 0 Å². The SMILES string of the molecule is O=C(O)CC1CCCN(Cc2ccc3c(c2)OCCO3)C1. The van der Waals surface area contributed by atoms with Gasteiger partial charge in [-0.2, -0.15) is 0 Å². The number of piperidine rings is 1. The lowest BCUT2D eigenvalue weighted by Gasteiger charge is -2.32. The highest BCUT2D eigenvalue weighted by atomic mass is 16.6. The summed E-state index contributed by atoms with van der Waals surface area (Å²) in [5.41, 5.74) is 1.19.